The van der Waals surface area contributed by atoms with E-state index in [-0.39, 0.29) is 12.4 Å². The molecule has 1 aliphatic rings. The highest BCUT2D eigenvalue weighted by Gasteiger charge is 2.33. The maximum atomic E-state index is 12.5. The number of ether oxygens (including phenoxy) is 2. The molecule has 2 rings (SSSR count). The van der Waals surface area contributed by atoms with Crippen LogP contribution in [0.3, 0.4) is 0 Å². The first kappa shape index (κ1) is 18.0. The maximum absolute atomic E-state index is 12.5. The van der Waals surface area contributed by atoms with Crippen LogP contribution >= 0.6 is 0 Å². The van der Waals surface area contributed by atoms with E-state index in [1.165, 1.54) is 11.8 Å². The van der Waals surface area contributed by atoms with Gasteiger partial charge in [-0.1, -0.05) is 0 Å². The van der Waals surface area contributed by atoms with Gasteiger partial charge in [0.1, 0.15) is 17.2 Å². The van der Waals surface area contributed by atoms with E-state index < -0.39 is 11.7 Å². The minimum Gasteiger partial charge on any atom is -0.483 e. The van der Waals surface area contributed by atoms with Crippen molar-refractivity contribution >= 4 is 17.6 Å². The predicted molar refractivity (Wildman–Crippen MR) is 91.4 cm³/mol. The number of hydrogen-bond donors (Lipinski definition) is 0. The number of nitrogens with zero attached hydrogens (tertiary/aromatic N) is 4. The van der Waals surface area contributed by atoms with Crippen molar-refractivity contribution in [1.29, 1.82) is 10.5 Å². The third-order valence-electron chi connectivity index (χ3n) is 3.47. The van der Waals surface area contributed by atoms with E-state index in [9.17, 15) is 10.1 Å². The summed E-state index contributed by atoms with van der Waals surface area (Å²) in [5, 5.41) is 18.0. The SMILES string of the molecule is CCOC(=O)N(C1=CC(C)(C)Oc2ccc(C#N)cc21)C(C)=NC#N. The second-order valence-electron chi connectivity index (χ2n) is 5.85. The first-order valence-corrected chi connectivity index (χ1v) is 7.69. The molecule has 128 valence electrons. The van der Waals surface area contributed by atoms with E-state index in [2.05, 4.69) is 11.1 Å². The van der Waals surface area contributed by atoms with Gasteiger partial charge in [-0.05, 0) is 52.0 Å². The van der Waals surface area contributed by atoms with Gasteiger partial charge in [0.2, 0.25) is 6.19 Å². The standard InChI is InChI=1S/C18H18N4O3/c1-5-24-17(23)22(12(2)21-11-20)15-9-18(3,4)25-16-7-6-13(10-19)8-14(15)16/h6-9H,5H2,1-4H3. The monoisotopic (exact) mass is 338 g/mol. The summed E-state index contributed by atoms with van der Waals surface area (Å²) in [7, 11) is 0. The van der Waals surface area contributed by atoms with Crippen molar-refractivity contribution in [2.45, 2.75) is 33.3 Å². The molecule has 7 nitrogen and oxygen atoms in total. The molecule has 25 heavy (non-hydrogen) atoms. The fraction of sp³-hybridized carbons (Fsp3) is 0.333. The highest BCUT2D eigenvalue weighted by molar-refractivity contribution is 6.04. The molecule has 0 saturated carbocycles. The van der Waals surface area contributed by atoms with Crippen molar-refractivity contribution in [1.82, 2.24) is 4.90 Å². The van der Waals surface area contributed by atoms with Crippen molar-refractivity contribution in [2.75, 3.05) is 6.61 Å². The molecular formula is C18H18N4O3. The number of carbonyl (C=O) groups excluding carboxylic acids is 1. The number of nitriles is 2. The highest BCUT2D eigenvalue weighted by Crippen LogP contribution is 2.38. The Morgan fingerprint density at radius 1 is 1.40 bits per heavy atom. The Kier molecular flexibility index (Phi) is 5.09. The Labute approximate surface area is 146 Å². The molecule has 0 saturated heterocycles. The van der Waals surface area contributed by atoms with Crippen molar-refractivity contribution in [3.63, 3.8) is 0 Å². The minimum atomic E-state index is -0.700. The molecule has 0 aromatic heterocycles. The second kappa shape index (κ2) is 7.06. The molecule has 0 radical (unpaired) electrons. The smallest absolute Gasteiger partial charge is 0.419 e. The lowest BCUT2D eigenvalue weighted by atomic mass is 9.97. The number of amides is 1. The molecule has 0 aliphatic carbocycles. The van der Waals surface area contributed by atoms with Gasteiger partial charge < -0.3 is 9.47 Å². The van der Waals surface area contributed by atoms with Crippen LogP contribution in [0.25, 0.3) is 5.70 Å². The lowest BCUT2D eigenvalue weighted by Gasteiger charge is -2.34. The van der Waals surface area contributed by atoms with Crippen LogP contribution in [0.4, 0.5) is 4.79 Å². The molecule has 0 unspecified atom stereocenters. The molecule has 0 atom stereocenters. The lowest BCUT2D eigenvalue weighted by molar-refractivity contribution is 0.135. The number of hydrogen-bond acceptors (Lipinski definition) is 6. The Morgan fingerprint density at radius 2 is 2.12 bits per heavy atom. The van der Waals surface area contributed by atoms with E-state index in [1.54, 1.807) is 37.4 Å². The van der Waals surface area contributed by atoms with E-state index in [4.69, 9.17) is 14.7 Å². The summed E-state index contributed by atoms with van der Waals surface area (Å²) in [4.78, 5) is 17.4. The zero-order valence-electron chi connectivity index (χ0n) is 14.5. The Morgan fingerprint density at radius 3 is 2.72 bits per heavy atom. The van der Waals surface area contributed by atoms with Gasteiger partial charge in [0.25, 0.3) is 0 Å². The molecule has 1 aromatic carbocycles. The highest BCUT2D eigenvalue weighted by atomic mass is 16.6. The summed E-state index contributed by atoms with van der Waals surface area (Å²) in [6.07, 6.45) is 2.76. The zero-order valence-corrected chi connectivity index (χ0v) is 14.5. The van der Waals surface area contributed by atoms with Gasteiger partial charge in [0.15, 0.2) is 0 Å². The average Bonchev–Trinajstić information content (AvgIpc) is 2.54. The fourth-order valence-electron chi connectivity index (χ4n) is 2.51. The van der Waals surface area contributed by atoms with Crippen molar-refractivity contribution in [3.05, 3.63) is 35.4 Å². The van der Waals surface area contributed by atoms with E-state index in [1.807, 2.05) is 13.8 Å². The fourth-order valence-corrected chi connectivity index (χ4v) is 2.51. The van der Waals surface area contributed by atoms with Crippen LogP contribution in [0, 0.1) is 22.8 Å². The molecule has 0 N–H and O–H groups in total. The van der Waals surface area contributed by atoms with Crippen LogP contribution < -0.4 is 4.74 Å². The van der Waals surface area contributed by atoms with E-state index >= 15 is 0 Å². The van der Waals surface area contributed by atoms with Gasteiger partial charge in [-0.25, -0.2) is 9.69 Å². The zero-order chi connectivity index (χ0) is 18.6. The van der Waals surface area contributed by atoms with Crippen molar-refractivity contribution in [3.8, 4) is 18.0 Å². The first-order chi connectivity index (χ1) is 11.8. The number of amidine groups is 1. The molecule has 1 heterocycles. The number of carbonyl (C=O) groups is 1. The molecule has 0 fully saturated rings. The number of benzene rings is 1. The Balaban J connectivity index is 2.68. The third-order valence-corrected chi connectivity index (χ3v) is 3.47. The third kappa shape index (κ3) is 3.78. The van der Waals surface area contributed by atoms with Crippen LogP contribution in [0.2, 0.25) is 0 Å². The van der Waals surface area contributed by atoms with Crippen molar-refractivity contribution in [2.24, 2.45) is 4.99 Å². The normalized spacial score (nSPS) is 15.0. The van der Waals surface area contributed by atoms with Gasteiger partial charge in [-0.3, -0.25) is 0 Å². The molecule has 1 aliphatic heterocycles. The average molecular weight is 338 g/mol. The van der Waals surface area contributed by atoms with Gasteiger partial charge in [0.05, 0.1) is 23.9 Å². The molecule has 7 heteroatoms. The quantitative estimate of drug-likeness (QED) is 0.467. The van der Waals surface area contributed by atoms with Gasteiger partial charge >= 0.3 is 6.09 Å². The van der Waals surface area contributed by atoms with Crippen LogP contribution in [0.15, 0.2) is 29.3 Å². The molecule has 1 amide bonds. The van der Waals surface area contributed by atoms with E-state index in [0.717, 1.165) is 0 Å². The second-order valence-corrected chi connectivity index (χ2v) is 5.85. The van der Waals surface area contributed by atoms with Crippen LogP contribution in [-0.2, 0) is 4.74 Å². The summed E-state index contributed by atoms with van der Waals surface area (Å²) in [5.41, 5.74) is 0.734. The summed E-state index contributed by atoms with van der Waals surface area (Å²) >= 11 is 0. The van der Waals surface area contributed by atoms with Crippen molar-refractivity contribution < 1.29 is 14.3 Å². The molecule has 0 spiro atoms. The summed E-state index contributed by atoms with van der Waals surface area (Å²) < 4.78 is 11.0. The molecular weight excluding hydrogens is 320 g/mol. The van der Waals surface area contributed by atoms with Gasteiger partial charge in [-0.15, -0.1) is 0 Å². The largest absolute Gasteiger partial charge is 0.483 e. The summed E-state index contributed by atoms with van der Waals surface area (Å²) in [6.45, 7) is 7.09. The summed E-state index contributed by atoms with van der Waals surface area (Å²) in [5.74, 6) is 0.693. The lowest BCUT2D eigenvalue weighted by Crippen LogP contribution is -2.39. The van der Waals surface area contributed by atoms with Crippen LogP contribution in [0.5, 0.6) is 5.75 Å². The number of fused-ring (bicyclic) bond motifs is 1. The first-order valence-electron chi connectivity index (χ1n) is 7.69. The summed E-state index contributed by atoms with van der Waals surface area (Å²) in [6, 6.07) is 7.02. The maximum Gasteiger partial charge on any atom is 0.419 e. The predicted octanol–water partition coefficient (Wildman–Crippen LogP) is 3.43. The number of rotatable bonds is 2. The molecule has 0 bridgehead atoms. The topological polar surface area (TPSA) is 98.7 Å². The number of aliphatic imine (C=N–C) groups is 1. The van der Waals surface area contributed by atoms with Crippen LogP contribution in [0.1, 0.15) is 38.8 Å². The van der Waals surface area contributed by atoms with E-state index in [0.29, 0.717) is 22.6 Å². The van der Waals surface area contributed by atoms with Gasteiger partial charge in [0, 0.05) is 5.56 Å². The molecule has 1 aromatic rings. The Hall–Kier alpha value is -3.32. The Bertz CT molecular complexity index is 841. The minimum absolute atomic E-state index is 0.165. The van der Waals surface area contributed by atoms with Gasteiger partial charge in [-0.2, -0.15) is 15.5 Å². The van der Waals surface area contributed by atoms with Crippen LogP contribution in [-0.4, -0.2) is 29.0 Å².